The highest BCUT2D eigenvalue weighted by atomic mass is 19.1. The second-order valence-electron chi connectivity index (χ2n) is 8.86. The molecule has 1 aromatic rings. The molecule has 0 bridgehead atoms. The summed E-state index contributed by atoms with van der Waals surface area (Å²) in [5.41, 5.74) is 1.66. The molecule has 0 atom stereocenters. The van der Waals surface area contributed by atoms with E-state index in [4.69, 9.17) is 0 Å². The zero-order valence-corrected chi connectivity index (χ0v) is 16.2. The number of carbonyl (C=O) groups excluding carboxylic acids is 2. The van der Waals surface area contributed by atoms with Crippen LogP contribution in [0.2, 0.25) is 0 Å². The minimum atomic E-state index is -0.228. The maximum Gasteiger partial charge on any atom is 0.226 e. The first kappa shape index (κ1) is 18.5. The number of hydrogen-bond acceptors (Lipinski definition) is 2. The number of likely N-dealkylation sites (tertiary alicyclic amines) is 2. The summed E-state index contributed by atoms with van der Waals surface area (Å²) in [4.78, 5) is 29.0. The van der Waals surface area contributed by atoms with E-state index < -0.39 is 0 Å². The molecule has 2 amide bonds. The van der Waals surface area contributed by atoms with Crippen molar-refractivity contribution in [3.63, 3.8) is 0 Å². The van der Waals surface area contributed by atoms with Gasteiger partial charge in [0.2, 0.25) is 11.8 Å². The fourth-order valence-electron chi connectivity index (χ4n) is 4.62. The Labute approximate surface area is 160 Å². The second kappa shape index (κ2) is 7.25. The van der Waals surface area contributed by atoms with E-state index in [1.807, 2.05) is 4.90 Å². The lowest BCUT2D eigenvalue weighted by Crippen LogP contribution is -2.52. The minimum Gasteiger partial charge on any atom is -0.342 e. The summed E-state index contributed by atoms with van der Waals surface area (Å²) >= 11 is 0. The largest absolute Gasteiger partial charge is 0.342 e. The van der Waals surface area contributed by atoms with Crippen LogP contribution in [0.5, 0.6) is 0 Å². The summed E-state index contributed by atoms with van der Waals surface area (Å²) in [6.45, 7) is 5.08. The average Bonchev–Trinajstić information content (AvgIpc) is 3.46. The van der Waals surface area contributed by atoms with E-state index >= 15 is 0 Å². The molecular formula is C22H29FN2O2. The summed E-state index contributed by atoms with van der Waals surface area (Å²) < 4.78 is 13.4. The lowest BCUT2D eigenvalue weighted by atomic mass is 9.72. The standard InChI is InChI=1S/C22H29FN2O2/c1-16-12-18(4-5-19(16)23)13-21(27)24-10-8-22(9-11-24)7-6-20(26)25(15-22)14-17-2-3-17/h4-5,12,17H,2-3,6-11,13-15H2,1H3. The quantitative estimate of drug-likeness (QED) is 0.814. The Morgan fingerprint density at radius 2 is 1.96 bits per heavy atom. The molecule has 5 heteroatoms. The highest BCUT2D eigenvalue weighted by Crippen LogP contribution is 2.41. The molecule has 2 saturated heterocycles. The third kappa shape index (κ3) is 4.17. The Kier molecular flexibility index (Phi) is 4.95. The first-order chi connectivity index (χ1) is 12.9. The lowest BCUT2D eigenvalue weighted by molar-refractivity contribution is -0.142. The first-order valence-electron chi connectivity index (χ1n) is 10.2. The van der Waals surface area contributed by atoms with Gasteiger partial charge in [0.05, 0.1) is 6.42 Å². The van der Waals surface area contributed by atoms with Crippen molar-refractivity contribution in [2.24, 2.45) is 11.3 Å². The number of carbonyl (C=O) groups is 2. The Morgan fingerprint density at radius 1 is 1.22 bits per heavy atom. The molecule has 3 fully saturated rings. The smallest absolute Gasteiger partial charge is 0.226 e. The van der Waals surface area contributed by atoms with Gasteiger partial charge in [-0.15, -0.1) is 0 Å². The Balaban J connectivity index is 1.33. The van der Waals surface area contributed by atoms with Crippen LogP contribution in [0.4, 0.5) is 4.39 Å². The number of hydrogen-bond donors (Lipinski definition) is 0. The van der Waals surface area contributed by atoms with E-state index in [0.29, 0.717) is 24.3 Å². The van der Waals surface area contributed by atoms with Gasteiger partial charge in [0.15, 0.2) is 0 Å². The number of nitrogens with zero attached hydrogens (tertiary/aromatic N) is 2. The molecule has 2 heterocycles. The predicted molar refractivity (Wildman–Crippen MR) is 102 cm³/mol. The molecule has 3 aliphatic rings. The third-order valence-electron chi connectivity index (χ3n) is 6.68. The van der Waals surface area contributed by atoms with Crippen molar-refractivity contribution >= 4 is 11.8 Å². The van der Waals surface area contributed by atoms with Gasteiger partial charge in [0.25, 0.3) is 0 Å². The summed E-state index contributed by atoms with van der Waals surface area (Å²) in [7, 11) is 0. The monoisotopic (exact) mass is 372 g/mol. The van der Waals surface area contributed by atoms with Crippen LogP contribution in [0.3, 0.4) is 0 Å². The van der Waals surface area contributed by atoms with Gasteiger partial charge in [-0.1, -0.05) is 12.1 Å². The maximum atomic E-state index is 13.4. The fraction of sp³-hybridized carbons (Fsp3) is 0.636. The van der Waals surface area contributed by atoms with E-state index in [1.54, 1.807) is 19.1 Å². The molecule has 4 rings (SSSR count). The van der Waals surface area contributed by atoms with Crippen molar-refractivity contribution in [1.29, 1.82) is 0 Å². The van der Waals surface area contributed by atoms with Crippen molar-refractivity contribution in [1.82, 2.24) is 9.80 Å². The molecule has 4 nitrogen and oxygen atoms in total. The van der Waals surface area contributed by atoms with E-state index in [1.165, 1.54) is 18.9 Å². The molecule has 1 aliphatic carbocycles. The van der Waals surface area contributed by atoms with Gasteiger partial charge in [-0.25, -0.2) is 4.39 Å². The third-order valence-corrected chi connectivity index (χ3v) is 6.68. The van der Waals surface area contributed by atoms with Crippen molar-refractivity contribution in [2.75, 3.05) is 26.2 Å². The average molecular weight is 372 g/mol. The Bertz CT molecular complexity index is 736. The van der Waals surface area contributed by atoms with Crippen LogP contribution in [0, 0.1) is 24.1 Å². The number of amides is 2. The van der Waals surface area contributed by atoms with Gasteiger partial charge in [0.1, 0.15) is 5.82 Å². The SMILES string of the molecule is Cc1cc(CC(=O)N2CCC3(CCC(=O)N(CC4CC4)C3)CC2)ccc1F. The van der Waals surface area contributed by atoms with Crippen LogP contribution < -0.4 is 0 Å². The normalized spacial score (nSPS) is 22.4. The number of rotatable bonds is 4. The molecule has 146 valence electrons. The Hall–Kier alpha value is -1.91. The van der Waals surface area contributed by atoms with Crippen molar-refractivity contribution in [2.45, 2.75) is 51.9 Å². The van der Waals surface area contributed by atoms with Gasteiger partial charge >= 0.3 is 0 Å². The van der Waals surface area contributed by atoms with Gasteiger partial charge in [-0.05, 0) is 67.6 Å². The predicted octanol–water partition coefficient (Wildman–Crippen LogP) is 3.32. The van der Waals surface area contributed by atoms with Gasteiger partial charge < -0.3 is 9.80 Å². The van der Waals surface area contributed by atoms with Gasteiger partial charge in [-0.3, -0.25) is 9.59 Å². The second-order valence-corrected chi connectivity index (χ2v) is 8.86. The van der Waals surface area contributed by atoms with E-state index in [-0.39, 0.29) is 17.1 Å². The topological polar surface area (TPSA) is 40.6 Å². The van der Waals surface area contributed by atoms with Crippen LogP contribution >= 0.6 is 0 Å². The summed E-state index contributed by atoms with van der Waals surface area (Å²) in [6, 6.07) is 4.91. The lowest BCUT2D eigenvalue weighted by Gasteiger charge is -2.47. The zero-order valence-electron chi connectivity index (χ0n) is 16.2. The van der Waals surface area contributed by atoms with Crippen LogP contribution in [-0.2, 0) is 16.0 Å². The number of halogens is 1. The molecule has 0 radical (unpaired) electrons. The zero-order chi connectivity index (χ0) is 19.0. The highest BCUT2D eigenvalue weighted by molar-refractivity contribution is 5.79. The van der Waals surface area contributed by atoms with Crippen LogP contribution in [0.1, 0.15) is 49.7 Å². The molecule has 0 aromatic heterocycles. The van der Waals surface area contributed by atoms with Crippen molar-refractivity contribution in [3.8, 4) is 0 Å². The fourth-order valence-corrected chi connectivity index (χ4v) is 4.62. The van der Waals surface area contributed by atoms with E-state index in [2.05, 4.69) is 4.90 Å². The minimum absolute atomic E-state index is 0.123. The van der Waals surface area contributed by atoms with Crippen molar-refractivity contribution in [3.05, 3.63) is 35.1 Å². The Morgan fingerprint density at radius 3 is 2.63 bits per heavy atom. The highest BCUT2D eigenvalue weighted by Gasteiger charge is 2.42. The first-order valence-corrected chi connectivity index (χ1v) is 10.2. The summed E-state index contributed by atoms with van der Waals surface area (Å²) in [5.74, 6) is 0.939. The van der Waals surface area contributed by atoms with E-state index in [0.717, 1.165) is 56.9 Å². The summed E-state index contributed by atoms with van der Waals surface area (Å²) in [6.07, 6.45) is 6.46. The molecule has 1 spiro atoms. The van der Waals surface area contributed by atoms with Gasteiger partial charge in [0, 0.05) is 32.6 Å². The molecule has 0 N–H and O–H groups in total. The molecule has 0 unspecified atom stereocenters. The maximum absolute atomic E-state index is 13.4. The summed E-state index contributed by atoms with van der Waals surface area (Å²) in [5, 5.41) is 0. The molecule has 2 aliphatic heterocycles. The van der Waals surface area contributed by atoms with E-state index in [9.17, 15) is 14.0 Å². The van der Waals surface area contributed by atoms with Crippen LogP contribution in [0.15, 0.2) is 18.2 Å². The number of benzene rings is 1. The van der Waals surface area contributed by atoms with Crippen LogP contribution in [0.25, 0.3) is 0 Å². The number of piperidine rings is 2. The van der Waals surface area contributed by atoms with Crippen LogP contribution in [-0.4, -0.2) is 47.8 Å². The molecule has 27 heavy (non-hydrogen) atoms. The molecule has 1 saturated carbocycles. The van der Waals surface area contributed by atoms with Gasteiger partial charge in [-0.2, -0.15) is 0 Å². The number of aryl methyl sites for hydroxylation is 1. The molecule has 1 aromatic carbocycles. The van der Waals surface area contributed by atoms with Crippen molar-refractivity contribution < 1.29 is 14.0 Å². The molecular weight excluding hydrogens is 343 g/mol.